The van der Waals surface area contributed by atoms with Crippen LogP contribution in [0.2, 0.25) is 0 Å². The number of benzene rings is 1. The quantitative estimate of drug-likeness (QED) is 0.518. The standard InChI is InChI=1S/C20H26N2O2S.CH2O2/c23-19(11-6-15-4-2-1-3-5-15)21-17-9-7-16(8-10-17)20(24)22-18-12-13-25-14-18;2-1-3/h1-6,11,16-18H,7-10,12-14H2,(H,21,23)(H,22,24);1H,(H,2,3). The molecule has 1 aromatic carbocycles. The van der Waals surface area contributed by atoms with Gasteiger partial charge in [-0.05, 0) is 49.5 Å². The van der Waals surface area contributed by atoms with E-state index in [4.69, 9.17) is 9.90 Å². The lowest BCUT2D eigenvalue weighted by Gasteiger charge is -2.28. The number of thioether (sulfide) groups is 1. The zero-order valence-corrected chi connectivity index (χ0v) is 16.7. The summed E-state index contributed by atoms with van der Waals surface area (Å²) < 4.78 is 0. The minimum Gasteiger partial charge on any atom is -0.483 e. The van der Waals surface area contributed by atoms with Crippen molar-refractivity contribution < 1.29 is 19.5 Å². The fourth-order valence-electron chi connectivity index (χ4n) is 3.45. The van der Waals surface area contributed by atoms with Crippen molar-refractivity contribution in [2.75, 3.05) is 11.5 Å². The van der Waals surface area contributed by atoms with Crippen molar-refractivity contribution in [1.82, 2.24) is 10.6 Å². The van der Waals surface area contributed by atoms with Crippen molar-refractivity contribution in [3.05, 3.63) is 42.0 Å². The van der Waals surface area contributed by atoms with Gasteiger partial charge in [-0.2, -0.15) is 11.8 Å². The van der Waals surface area contributed by atoms with Gasteiger partial charge in [0, 0.05) is 29.8 Å². The first-order valence-corrected chi connectivity index (χ1v) is 10.8. The van der Waals surface area contributed by atoms with E-state index in [1.165, 1.54) is 0 Å². The summed E-state index contributed by atoms with van der Waals surface area (Å²) in [4.78, 5) is 32.7. The molecule has 1 saturated heterocycles. The fourth-order valence-corrected chi connectivity index (χ4v) is 4.61. The van der Waals surface area contributed by atoms with E-state index < -0.39 is 0 Å². The van der Waals surface area contributed by atoms with Gasteiger partial charge < -0.3 is 15.7 Å². The number of hydrogen-bond acceptors (Lipinski definition) is 4. The van der Waals surface area contributed by atoms with Crippen LogP contribution in [0.1, 0.15) is 37.7 Å². The minimum atomic E-state index is -0.250. The number of hydrogen-bond donors (Lipinski definition) is 3. The number of carbonyl (C=O) groups is 3. The predicted octanol–water partition coefficient (Wildman–Crippen LogP) is 2.70. The molecule has 3 N–H and O–H groups in total. The number of carboxylic acid groups (broad SMARTS) is 1. The maximum atomic E-state index is 12.3. The summed E-state index contributed by atoms with van der Waals surface area (Å²) in [5.74, 6) is 2.46. The topological polar surface area (TPSA) is 95.5 Å². The summed E-state index contributed by atoms with van der Waals surface area (Å²) in [5.41, 5.74) is 1.02. The molecule has 1 saturated carbocycles. The maximum absolute atomic E-state index is 12.3. The molecule has 6 nitrogen and oxygen atoms in total. The predicted molar refractivity (Wildman–Crippen MR) is 112 cm³/mol. The van der Waals surface area contributed by atoms with E-state index in [1.807, 2.05) is 48.2 Å². The third-order valence-corrected chi connectivity index (χ3v) is 6.11. The van der Waals surface area contributed by atoms with Gasteiger partial charge in [0.05, 0.1) is 0 Å². The summed E-state index contributed by atoms with van der Waals surface area (Å²) in [6.45, 7) is -0.250. The molecule has 1 unspecified atom stereocenters. The van der Waals surface area contributed by atoms with E-state index in [-0.39, 0.29) is 30.2 Å². The molecule has 1 aliphatic carbocycles. The summed E-state index contributed by atoms with van der Waals surface area (Å²) in [6.07, 6.45) is 7.98. The van der Waals surface area contributed by atoms with Gasteiger partial charge in [0.2, 0.25) is 11.8 Å². The first-order valence-electron chi connectivity index (χ1n) is 9.62. The monoisotopic (exact) mass is 404 g/mol. The van der Waals surface area contributed by atoms with E-state index in [0.717, 1.165) is 49.2 Å². The zero-order chi connectivity index (χ0) is 20.2. The molecule has 1 aromatic rings. The first-order chi connectivity index (χ1) is 13.6. The Morgan fingerprint density at radius 1 is 1.00 bits per heavy atom. The highest BCUT2D eigenvalue weighted by Gasteiger charge is 2.28. The van der Waals surface area contributed by atoms with Gasteiger partial charge in [-0.1, -0.05) is 30.3 Å². The molecule has 1 heterocycles. The third kappa shape index (κ3) is 7.76. The highest BCUT2D eigenvalue weighted by molar-refractivity contribution is 7.99. The van der Waals surface area contributed by atoms with Gasteiger partial charge in [-0.15, -0.1) is 0 Å². The Labute approximate surface area is 170 Å². The van der Waals surface area contributed by atoms with Crippen LogP contribution in [0.15, 0.2) is 36.4 Å². The molecule has 2 fully saturated rings. The van der Waals surface area contributed by atoms with E-state index in [0.29, 0.717) is 6.04 Å². The summed E-state index contributed by atoms with van der Waals surface area (Å²) >= 11 is 1.91. The first kappa shape index (κ1) is 22.0. The molecule has 152 valence electrons. The van der Waals surface area contributed by atoms with Gasteiger partial charge >= 0.3 is 0 Å². The number of amides is 2. The molecule has 0 aromatic heterocycles. The van der Waals surface area contributed by atoms with Crippen molar-refractivity contribution in [2.45, 2.75) is 44.2 Å². The molecule has 3 rings (SSSR count). The zero-order valence-electron chi connectivity index (χ0n) is 15.9. The Balaban J connectivity index is 0.000000878. The normalized spacial score (nSPS) is 24.1. The number of nitrogens with one attached hydrogen (secondary N) is 2. The molecule has 0 radical (unpaired) electrons. The second-order valence-electron chi connectivity index (χ2n) is 6.98. The lowest BCUT2D eigenvalue weighted by molar-refractivity contribution is -0.126. The van der Waals surface area contributed by atoms with Gasteiger partial charge in [0.25, 0.3) is 6.47 Å². The number of rotatable bonds is 5. The Morgan fingerprint density at radius 2 is 1.68 bits per heavy atom. The average molecular weight is 405 g/mol. The Kier molecular flexibility index (Phi) is 9.62. The Morgan fingerprint density at radius 3 is 2.29 bits per heavy atom. The minimum absolute atomic E-state index is 0.0558. The van der Waals surface area contributed by atoms with Crippen LogP contribution in [-0.4, -0.2) is 47.0 Å². The molecule has 1 atom stereocenters. The lowest BCUT2D eigenvalue weighted by Crippen LogP contribution is -2.43. The second-order valence-corrected chi connectivity index (χ2v) is 8.13. The Hall–Kier alpha value is -2.28. The van der Waals surface area contributed by atoms with E-state index >= 15 is 0 Å². The van der Waals surface area contributed by atoms with Gasteiger partial charge in [0.1, 0.15) is 0 Å². The van der Waals surface area contributed by atoms with Crippen molar-refractivity contribution in [3.63, 3.8) is 0 Å². The van der Waals surface area contributed by atoms with E-state index in [2.05, 4.69) is 10.6 Å². The van der Waals surface area contributed by atoms with Gasteiger partial charge in [-0.3, -0.25) is 14.4 Å². The molecular formula is C21H28N2O4S. The summed E-state index contributed by atoms with van der Waals surface area (Å²) in [6, 6.07) is 10.3. The smallest absolute Gasteiger partial charge is 0.290 e. The van der Waals surface area contributed by atoms with Crippen LogP contribution in [0.25, 0.3) is 6.08 Å². The molecule has 0 bridgehead atoms. The third-order valence-electron chi connectivity index (χ3n) is 4.95. The van der Waals surface area contributed by atoms with Gasteiger partial charge in [-0.25, -0.2) is 0 Å². The van der Waals surface area contributed by atoms with Crippen LogP contribution < -0.4 is 10.6 Å². The van der Waals surface area contributed by atoms with E-state index in [9.17, 15) is 9.59 Å². The highest BCUT2D eigenvalue weighted by Crippen LogP contribution is 2.25. The summed E-state index contributed by atoms with van der Waals surface area (Å²) in [7, 11) is 0. The highest BCUT2D eigenvalue weighted by atomic mass is 32.2. The fraction of sp³-hybridized carbons (Fsp3) is 0.476. The largest absolute Gasteiger partial charge is 0.483 e. The molecule has 2 amide bonds. The molecule has 2 aliphatic rings. The molecule has 1 aliphatic heterocycles. The van der Waals surface area contributed by atoms with Crippen LogP contribution in [0.3, 0.4) is 0 Å². The van der Waals surface area contributed by atoms with Crippen molar-refractivity contribution in [1.29, 1.82) is 0 Å². The molecular weight excluding hydrogens is 376 g/mol. The van der Waals surface area contributed by atoms with Crippen LogP contribution >= 0.6 is 11.8 Å². The van der Waals surface area contributed by atoms with Crippen LogP contribution in [0, 0.1) is 5.92 Å². The summed E-state index contributed by atoms with van der Waals surface area (Å²) in [5, 5.41) is 13.1. The Bertz CT molecular complexity index is 652. The van der Waals surface area contributed by atoms with E-state index in [1.54, 1.807) is 6.08 Å². The van der Waals surface area contributed by atoms with Crippen LogP contribution in [0.4, 0.5) is 0 Å². The second kappa shape index (κ2) is 12.2. The maximum Gasteiger partial charge on any atom is 0.290 e. The SMILES string of the molecule is O=C(C=Cc1ccccc1)NC1CCC(C(=O)NC2CCSC2)CC1.O=CO. The van der Waals surface area contributed by atoms with Crippen molar-refractivity contribution in [3.8, 4) is 0 Å². The van der Waals surface area contributed by atoms with Gasteiger partial charge in [0.15, 0.2) is 0 Å². The van der Waals surface area contributed by atoms with Crippen LogP contribution in [-0.2, 0) is 14.4 Å². The van der Waals surface area contributed by atoms with Crippen LogP contribution in [0.5, 0.6) is 0 Å². The average Bonchev–Trinajstić information content (AvgIpc) is 3.21. The molecule has 7 heteroatoms. The van der Waals surface area contributed by atoms with Crippen molar-refractivity contribution in [2.24, 2.45) is 5.92 Å². The molecule has 0 spiro atoms. The molecule has 28 heavy (non-hydrogen) atoms. The number of carbonyl (C=O) groups excluding carboxylic acids is 2. The lowest BCUT2D eigenvalue weighted by atomic mass is 9.85. The van der Waals surface area contributed by atoms with Crippen molar-refractivity contribution >= 4 is 36.1 Å².